The molecule has 0 spiro atoms. The topological polar surface area (TPSA) is 66.4 Å². The summed E-state index contributed by atoms with van der Waals surface area (Å²) in [4.78, 5) is 20.5. The van der Waals surface area contributed by atoms with Gasteiger partial charge in [-0.3, -0.25) is 9.59 Å². The van der Waals surface area contributed by atoms with E-state index in [1.54, 1.807) is 0 Å². The van der Waals surface area contributed by atoms with Gasteiger partial charge in [0.1, 0.15) is 5.69 Å². The fourth-order valence-corrected chi connectivity index (χ4v) is 0.544. The van der Waals surface area contributed by atoms with Crippen LogP contribution in [0.15, 0.2) is 9.59 Å². The normalized spacial score (nSPS) is 9.89. The lowest BCUT2D eigenvalue weighted by molar-refractivity contribution is 0.466. The van der Waals surface area contributed by atoms with E-state index in [0.29, 0.717) is 0 Å². The Morgan fingerprint density at radius 3 is 2.11 bits per heavy atom. The molecule has 0 atom stereocenters. The minimum Gasteiger partial charge on any atom is -0.502 e. The van der Waals surface area contributed by atoms with Gasteiger partial charge in [0.05, 0.1) is 0 Å². The molecule has 1 aromatic carbocycles. The first-order valence-corrected chi connectivity index (χ1v) is 2.24. The molecule has 4 nitrogen and oxygen atoms in total. The minimum atomic E-state index is -0.846. The van der Waals surface area contributed by atoms with Crippen LogP contribution in [-0.4, -0.2) is 5.11 Å². The molecule has 0 bridgehead atoms. The van der Waals surface area contributed by atoms with Crippen molar-refractivity contribution in [2.24, 2.45) is 0 Å². The summed E-state index contributed by atoms with van der Waals surface area (Å²) < 4.78 is 0. The van der Waals surface area contributed by atoms with Crippen molar-refractivity contribution >= 4 is 5.69 Å². The second-order valence-electron chi connectivity index (χ2n) is 1.56. The molecule has 9 heavy (non-hydrogen) atoms. The van der Waals surface area contributed by atoms with Crippen molar-refractivity contribution in [3.8, 4) is 5.75 Å². The standard InChI is InChI=1S/C5H4NO3/c1-6-2-3(7)5(9)4(2)8/h6-7H,1H2. The van der Waals surface area contributed by atoms with Gasteiger partial charge in [0.2, 0.25) is 0 Å². The number of aromatic hydroxyl groups is 1. The van der Waals surface area contributed by atoms with Crippen molar-refractivity contribution in [3.63, 3.8) is 0 Å². The molecule has 4 heteroatoms. The highest BCUT2D eigenvalue weighted by Crippen LogP contribution is 2.12. The zero-order valence-electron chi connectivity index (χ0n) is 4.47. The summed E-state index contributed by atoms with van der Waals surface area (Å²) >= 11 is 0. The number of hydrogen-bond acceptors (Lipinski definition) is 4. The van der Waals surface area contributed by atoms with Crippen LogP contribution in [0.2, 0.25) is 0 Å². The Kier molecular flexibility index (Phi) is 1.02. The van der Waals surface area contributed by atoms with E-state index >= 15 is 0 Å². The van der Waals surface area contributed by atoms with Crippen molar-refractivity contribution in [2.75, 3.05) is 5.32 Å². The average Bonchev–Trinajstić information content (AvgIpc) is 1.89. The third-order valence-corrected chi connectivity index (χ3v) is 1.06. The summed E-state index contributed by atoms with van der Waals surface area (Å²) in [5, 5.41) is 10.7. The maximum atomic E-state index is 10.3. The molecular weight excluding hydrogens is 122 g/mol. The molecule has 0 amide bonds. The molecule has 2 N–H and O–H groups in total. The van der Waals surface area contributed by atoms with Gasteiger partial charge in [-0.15, -0.1) is 0 Å². The van der Waals surface area contributed by atoms with E-state index in [2.05, 4.69) is 12.4 Å². The van der Waals surface area contributed by atoms with Gasteiger partial charge in [0.25, 0.3) is 10.9 Å². The van der Waals surface area contributed by atoms with Gasteiger partial charge in [0, 0.05) is 7.05 Å². The maximum absolute atomic E-state index is 10.3. The molecule has 0 saturated heterocycles. The van der Waals surface area contributed by atoms with E-state index in [1.165, 1.54) is 0 Å². The monoisotopic (exact) mass is 126 g/mol. The SMILES string of the molecule is [CH2]Nc1c(O)c(=O)c1=O. The number of nitrogens with one attached hydrogen (secondary N) is 1. The summed E-state index contributed by atoms with van der Waals surface area (Å²) in [5.74, 6) is -0.519. The van der Waals surface area contributed by atoms with Crippen molar-refractivity contribution in [2.45, 2.75) is 0 Å². The number of hydrogen-bond donors (Lipinski definition) is 2. The average molecular weight is 126 g/mol. The first-order valence-electron chi connectivity index (χ1n) is 2.24. The van der Waals surface area contributed by atoms with E-state index in [1.807, 2.05) is 0 Å². The molecule has 0 aromatic heterocycles. The Labute approximate surface area is 50.4 Å². The lowest BCUT2D eigenvalue weighted by Gasteiger charge is -2.01. The molecule has 0 aliphatic rings. The summed E-state index contributed by atoms with van der Waals surface area (Å²) in [5.41, 5.74) is -1.65. The van der Waals surface area contributed by atoms with Crippen LogP contribution < -0.4 is 16.2 Å². The first kappa shape index (κ1) is 5.81. The highest BCUT2D eigenvalue weighted by molar-refractivity contribution is 5.60. The summed E-state index contributed by atoms with van der Waals surface area (Å²) in [6, 6.07) is 0. The Morgan fingerprint density at radius 2 is 1.89 bits per heavy atom. The third kappa shape index (κ3) is 0.526. The molecule has 1 rings (SSSR count). The molecule has 0 fully saturated rings. The largest absolute Gasteiger partial charge is 0.502 e. The van der Waals surface area contributed by atoms with E-state index in [0.717, 1.165) is 0 Å². The van der Waals surface area contributed by atoms with Crippen LogP contribution in [-0.2, 0) is 0 Å². The summed E-state index contributed by atoms with van der Waals surface area (Å²) in [6.07, 6.45) is 0. The van der Waals surface area contributed by atoms with Crippen LogP contribution in [0, 0.1) is 7.05 Å². The highest BCUT2D eigenvalue weighted by Gasteiger charge is 2.17. The zero-order chi connectivity index (χ0) is 7.02. The Morgan fingerprint density at radius 1 is 1.33 bits per heavy atom. The number of rotatable bonds is 1. The number of anilines is 1. The van der Waals surface area contributed by atoms with E-state index < -0.39 is 16.6 Å². The fraction of sp³-hybridized carbons (Fsp3) is 0. The van der Waals surface area contributed by atoms with Gasteiger partial charge < -0.3 is 10.4 Å². The van der Waals surface area contributed by atoms with Gasteiger partial charge in [-0.2, -0.15) is 0 Å². The highest BCUT2D eigenvalue weighted by atomic mass is 16.3. The Hall–Kier alpha value is -1.32. The molecular formula is C5H4NO3. The molecule has 1 aromatic rings. The fourth-order valence-electron chi connectivity index (χ4n) is 0.544. The second-order valence-corrected chi connectivity index (χ2v) is 1.56. The molecule has 0 saturated carbocycles. The van der Waals surface area contributed by atoms with Crippen LogP contribution in [0.1, 0.15) is 0 Å². The quantitative estimate of drug-likeness (QED) is 0.483. The van der Waals surface area contributed by atoms with Crippen molar-refractivity contribution in [1.82, 2.24) is 0 Å². The van der Waals surface area contributed by atoms with Crippen LogP contribution in [0.25, 0.3) is 0 Å². The van der Waals surface area contributed by atoms with Crippen LogP contribution >= 0.6 is 0 Å². The van der Waals surface area contributed by atoms with E-state index in [4.69, 9.17) is 5.11 Å². The molecule has 0 aliphatic carbocycles. The second kappa shape index (κ2) is 1.58. The smallest absolute Gasteiger partial charge is 0.271 e. The maximum Gasteiger partial charge on any atom is 0.271 e. The van der Waals surface area contributed by atoms with Crippen molar-refractivity contribution in [3.05, 3.63) is 27.5 Å². The minimum absolute atomic E-state index is 0.0972. The van der Waals surface area contributed by atoms with Gasteiger partial charge in [0.15, 0.2) is 5.75 Å². The molecule has 0 aliphatic heterocycles. The zero-order valence-corrected chi connectivity index (χ0v) is 4.47. The van der Waals surface area contributed by atoms with E-state index in [-0.39, 0.29) is 5.69 Å². The molecule has 0 unspecified atom stereocenters. The lowest BCUT2D eigenvalue weighted by Crippen LogP contribution is -2.32. The van der Waals surface area contributed by atoms with Crippen molar-refractivity contribution < 1.29 is 5.11 Å². The summed E-state index contributed by atoms with van der Waals surface area (Å²) in [7, 11) is 3.10. The van der Waals surface area contributed by atoms with Gasteiger partial charge >= 0.3 is 0 Å². The van der Waals surface area contributed by atoms with Crippen molar-refractivity contribution in [1.29, 1.82) is 0 Å². The van der Waals surface area contributed by atoms with Crippen LogP contribution in [0.5, 0.6) is 5.75 Å². The van der Waals surface area contributed by atoms with Gasteiger partial charge in [-0.1, -0.05) is 0 Å². The first-order chi connectivity index (χ1) is 4.18. The Bertz CT molecular complexity index is 295. The van der Waals surface area contributed by atoms with Gasteiger partial charge in [-0.25, -0.2) is 0 Å². The van der Waals surface area contributed by atoms with Crippen LogP contribution in [0.4, 0.5) is 5.69 Å². The predicted molar refractivity (Wildman–Crippen MR) is 32.0 cm³/mol. The predicted octanol–water partition coefficient (Wildman–Crippen LogP) is -0.808. The molecule has 47 valence electrons. The molecule has 0 heterocycles. The third-order valence-electron chi connectivity index (χ3n) is 1.06. The summed E-state index contributed by atoms with van der Waals surface area (Å²) in [6.45, 7) is 0. The van der Waals surface area contributed by atoms with E-state index in [9.17, 15) is 9.59 Å². The van der Waals surface area contributed by atoms with Crippen LogP contribution in [0.3, 0.4) is 0 Å². The molecule has 1 radical (unpaired) electrons. The Balaban J connectivity index is 3.25. The van der Waals surface area contributed by atoms with Gasteiger partial charge in [-0.05, 0) is 0 Å². The lowest BCUT2D eigenvalue weighted by atomic mass is 10.2.